The highest BCUT2D eigenvalue weighted by molar-refractivity contribution is 5.91. The van der Waals surface area contributed by atoms with E-state index in [0.717, 1.165) is 18.6 Å². The zero-order valence-electron chi connectivity index (χ0n) is 7.91. The molecular formula is C9H14O4. The summed E-state index contributed by atoms with van der Waals surface area (Å²) in [7, 11) is 0. The van der Waals surface area contributed by atoms with Gasteiger partial charge in [0.15, 0.2) is 0 Å². The van der Waals surface area contributed by atoms with Crippen LogP contribution >= 0.6 is 0 Å². The SMILES string of the molecule is CCCOC(=O)C=CC(=O)OCC. The van der Waals surface area contributed by atoms with Gasteiger partial charge >= 0.3 is 11.9 Å². The maximum atomic E-state index is 10.8. The molecule has 4 heteroatoms. The van der Waals surface area contributed by atoms with Crippen molar-refractivity contribution in [2.24, 2.45) is 0 Å². The molecule has 0 N–H and O–H groups in total. The Balaban J connectivity index is 3.69. The average molecular weight is 186 g/mol. The summed E-state index contributed by atoms with van der Waals surface area (Å²) in [6, 6.07) is 0. The molecular weight excluding hydrogens is 172 g/mol. The van der Waals surface area contributed by atoms with Gasteiger partial charge in [0, 0.05) is 12.2 Å². The van der Waals surface area contributed by atoms with E-state index in [-0.39, 0.29) is 0 Å². The summed E-state index contributed by atoms with van der Waals surface area (Å²) >= 11 is 0. The van der Waals surface area contributed by atoms with Crippen molar-refractivity contribution in [3.8, 4) is 0 Å². The fourth-order valence-electron chi connectivity index (χ4n) is 0.577. The van der Waals surface area contributed by atoms with Gasteiger partial charge in [-0.1, -0.05) is 6.92 Å². The predicted octanol–water partition coefficient (Wildman–Crippen LogP) is 1.06. The summed E-state index contributed by atoms with van der Waals surface area (Å²) in [6.07, 6.45) is 2.88. The average Bonchev–Trinajstić information content (AvgIpc) is 2.12. The molecule has 0 saturated heterocycles. The van der Waals surface area contributed by atoms with Gasteiger partial charge in [0.25, 0.3) is 0 Å². The van der Waals surface area contributed by atoms with Gasteiger partial charge < -0.3 is 9.47 Å². The van der Waals surface area contributed by atoms with Crippen molar-refractivity contribution in [3.63, 3.8) is 0 Å². The van der Waals surface area contributed by atoms with E-state index in [1.807, 2.05) is 6.92 Å². The third-order valence-corrected chi connectivity index (χ3v) is 1.09. The van der Waals surface area contributed by atoms with Crippen molar-refractivity contribution in [2.45, 2.75) is 20.3 Å². The minimum Gasteiger partial charge on any atom is -0.463 e. The maximum absolute atomic E-state index is 10.8. The Morgan fingerprint density at radius 1 is 1.08 bits per heavy atom. The molecule has 0 unspecified atom stereocenters. The first-order valence-electron chi connectivity index (χ1n) is 4.22. The van der Waals surface area contributed by atoms with Crippen molar-refractivity contribution in [3.05, 3.63) is 12.2 Å². The van der Waals surface area contributed by atoms with Gasteiger partial charge in [-0.2, -0.15) is 0 Å². The lowest BCUT2D eigenvalue weighted by Crippen LogP contribution is -2.04. The van der Waals surface area contributed by atoms with E-state index in [4.69, 9.17) is 0 Å². The van der Waals surface area contributed by atoms with Gasteiger partial charge in [0.1, 0.15) is 0 Å². The molecule has 0 bridgehead atoms. The van der Waals surface area contributed by atoms with Crippen LogP contribution in [-0.2, 0) is 19.1 Å². The highest BCUT2D eigenvalue weighted by Gasteiger charge is 1.98. The van der Waals surface area contributed by atoms with E-state index >= 15 is 0 Å². The van der Waals surface area contributed by atoms with Crippen LogP contribution in [0.5, 0.6) is 0 Å². The number of esters is 2. The monoisotopic (exact) mass is 186 g/mol. The lowest BCUT2D eigenvalue weighted by atomic mass is 10.5. The summed E-state index contributed by atoms with van der Waals surface area (Å²) < 4.78 is 9.25. The first-order chi connectivity index (χ1) is 6.20. The van der Waals surface area contributed by atoms with Crippen LogP contribution in [0, 0.1) is 0 Å². The van der Waals surface area contributed by atoms with Gasteiger partial charge in [-0.15, -0.1) is 0 Å². The lowest BCUT2D eigenvalue weighted by molar-refractivity contribution is -0.140. The normalized spacial score (nSPS) is 10.0. The van der Waals surface area contributed by atoms with Gasteiger partial charge in [0.2, 0.25) is 0 Å². The summed E-state index contributed by atoms with van der Waals surface area (Å²) in [5.41, 5.74) is 0. The molecule has 0 aliphatic carbocycles. The molecule has 0 amide bonds. The van der Waals surface area contributed by atoms with Crippen molar-refractivity contribution in [1.29, 1.82) is 0 Å². The Morgan fingerprint density at radius 2 is 1.62 bits per heavy atom. The smallest absolute Gasteiger partial charge is 0.331 e. The van der Waals surface area contributed by atoms with Crippen molar-refractivity contribution < 1.29 is 19.1 Å². The second-order valence-electron chi connectivity index (χ2n) is 2.25. The molecule has 0 aliphatic heterocycles. The van der Waals surface area contributed by atoms with Crippen molar-refractivity contribution in [1.82, 2.24) is 0 Å². The molecule has 0 rings (SSSR count). The molecule has 0 aliphatic rings. The van der Waals surface area contributed by atoms with Gasteiger partial charge in [-0.3, -0.25) is 0 Å². The molecule has 74 valence electrons. The zero-order valence-corrected chi connectivity index (χ0v) is 7.91. The number of hydrogen-bond donors (Lipinski definition) is 0. The summed E-state index contributed by atoms with van der Waals surface area (Å²) in [5.74, 6) is -1.05. The van der Waals surface area contributed by atoms with E-state index < -0.39 is 11.9 Å². The van der Waals surface area contributed by atoms with E-state index in [9.17, 15) is 9.59 Å². The number of hydrogen-bond acceptors (Lipinski definition) is 4. The maximum Gasteiger partial charge on any atom is 0.331 e. The first-order valence-corrected chi connectivity index (χ1v) is 4.22. The molecule has 4 nitrogen and oxygen atoms in total. The number of carbonyl (C=O) groups is 2. The summed E-state index contributed by atoms with van der Waals surface area (Å²) in [6.45, 7) is 4.25. The Labute approximate surface area is 77.5 Å². The number of carbonyl (C=O) groups excluding carboxylic acids is 2. The van der Waals surface area contributed by atoms with E-state index in [0.29, 0.717) is 13.2 Å². The Morgan fingerprint density at radius 3 is 2.08 bits per heavy atom. The van der Waals surface area contributed by atoms with Crippen LogP contribution in [0.1, 0.15) is 20.3 Å². The Kier molecular flexibility index (Phi) is 6.59. The molecule has 0 aromatic heterocycles. The first kappa shape index (κ1) is 11.7. The highest BCUT2D eigenvalue weighted by atomic mass is 16.5. The third-order valence-electron chi connectivity index (χ3n) is 1.09. The number of rotatable bonds is 5. The predicted molar refractivity (Wildman–Crippen MR) is 47.0 cm³/mol. The highest BCUT2D eigenvalue weighted by Crippen LogP contribution is 1.86. The van der Waals surface area contributed by atoms with E-state index in [1.165, 1.54) is 0 Å². The van der Waals surface area contributed by atoms with E-state index in [2.05, 4.69) is 9.47 Å². The molecule has 0 aromatic rings. The minimum atomic E-state index is -0.532. The van der Waals surface area contributed by atoms with Crippen LogP contribution < -0.4 is 0 Å². The van der Waals surface area contributed by atoms with Crippen LogP contribution in [0.3, 0.4) is 0 Å². The summed E-state index contributed by atoms with van der Waals surface area (Å²) in [4.78, 5) is 21.5. The van der Waals surface area contributed by atoms with Crippen LogP contribution in [0.15, 0.2) is 12.2 Å². The summed E-state index contributed by atoms with van der Waals surface area (Å²) in [5, 5.41) is 0. The molecule has 0 aromatic carbocycles. The van der Waals surface area contributed by atoms with E-state index in [1.54, 1.807) is 6.92 Å². The molecule has 0 atom stereocenters. The van der Waals surface area contributed by atoms with Crippen LogP contribution in [-0.4, -0.2) is 25.2 Å². The fourth-order valence-corrected chi connectivity index (χ4v) is 0.577. The third kappa shape index (κ3) is 7.05. The second kappa shape index (κ2) is 7.34. The van der Waals surface area contributed by atoms with Crippen LogP contribution in [0.25, 0.3) is 0 Å². The van der Waals surface area contributed by atoms with Crippen molar-refractivity contribution >= 4 is 11.9 Å². The van der Waals surface area contributed by atoms with Gasteiger partial charge in [-0.25, -0.2) is 9.59 Å². The lowest BCUT2D eigenvalue weighted by Gasteiger charge is -1.97. The largest absolute Gasteiger partial charge is 0.463 e. The topological polar surface area (TPSA) is 52.6 Å². The second-order valence-corrected chi connectivity index (χ2v) is 2.25. The molecule has 0 spiro atoms. The quantitative estimate of drug-likeness (QED) is 0.476. The minimum absolute atomic E-state index is 0.299. The Bertz CT molecular complexity index is 196. The van der Waals surface area contributed by atoms with Crippen molar-refractivity contribution in [2.75, 3.05) is 13.2 Å². The molecule has 0 saturated carbocycles. The zero-order chi connectivity index (χ0) is 10.1. The molecule has 0 radical (unpaired) electrons. The van der Waals surface area contributed by atoms with Gasteiger partial charge in [0.05, 0.1) is 13.2 Å². The molecule has 0 heterocycles. The van der Waals surface area contributed by atoms with Gasteiger partial charge in [-0.05, 0) is 13.3 Å². The van der Waals surface area contributed by atoms with Crippen LogP contribution in [0.4, 0.5) is 0 Å². The fraction of sp³-hybridized carbons (Fsp3) is 0.556. The molecule has 0 fully saturated rings. The standard InChI is InChI=1S/C9H14O4/c1-3-7-13-9(11)6-5-8(10)12-4-2/h5-6H,3-4,7H2,1-2H3. The Hall–Kier alpha value is -1.32. The van der Waals surface area contributed by atoms with Crippen LogP contribution in [0.2, 0.25) is 0 Å². The number of ether oxygens (including phenoxy) is 2. The molecule has 13 heavy (non-hydrogen) atoms.